The van der Waals surface area contributed by atoms with E-state index in [0.717, 1.165) is 12.5 Å². The Hall–Kier alpha value is -0.820. The standard InChI is InChI=1S/C16H25N/c1-5-16(4)14(11-15(16)17-6-2)13-10-8-7-9-12(13)3/h7-10,14-15,17H,5-6,11H2,1-4H3. The molecule has 2 rings (SSSR count). The van der Waals surface area contributed by atoms with Crippen LogP contribution in [-0.4, -0.2) is 12.6 Å². The second-order valence-electron chi connectivity index (χ2n) is 5.61. The lowest BCUT2D eigenvalue weighted by atomic mass is 9.53. The third-order valence-electron chi connectivity index (χ3n) is 4.84. The molecule has 0 heterocycles. The number of nitrogens with one attached hydrogen (secondary N) is 1. The van der Waals surface area contributed by atoms with Crippen LogP contribution in [0.15, 0.2) is 24.3 Å². The summed E-state index contributed by atoms with van der Waals surface area (Å²) in [6.07, 6.45) is 2.55. The van der Waals surface area contributed by atoms with Crippen molar-refractivity contribution in [3.63, 3.8) is 0 Å². The SMILES string of the molecule is CCNC1CC(c2ccccc2C)C1(C)CC. The highest BCUT2D eigenvalue weighted by Crippen LogP contribution is 2.55. The minimum absolute atomic E-state index is 0.433. The molecule has 94 valence electrons. The molecule has 1 aliphatic rings. The smallest absolute Gasteiger partial charge is 0.0132 e. The number of hydrogen-bond acceptors (Lipinski definition) is 1. The lowest BCUT2D eigenvalue weighted by molar-refractivity contribution is 0.0452. The van der Waals surface area contributed by atoms with E-state index in [9.17, 15) is 0 Å². The summed E-state index contributed by atoms with van der Waals surface area (Å²) in [7, 11) is 0. The Kier molecular flexibility index (Phi) is 3.58. The Morgan fingerprint density at radius 2 is 2.00 bits per heavy atom. The first-order valence-corrected chi connectivity index (χ1v) is 6.92. The van der Waals surface area contributed by atoms with E-state index in [-0.39, 0.29) is 0 Å². The molecule has 1 N–H and O–H groups in total. The fraction of sp³-hybridized carbons (Fsp3) is 0.625. The quantitative estimate of drug-likeness (QED) is 0.829. The number of rotatable bonds is 4. The van der Waals surface area contributed by atoms with E-state index in [0.29, 0.717) is 11.5 Å². The Balaban J connectivity index is 2.22. The maximum absolute atomic E-state index is 3.64. The molecule has 3 atom stereocenters. The van der Waals surface area contributed by atoms with Crippen molar-refractivity contribution in [3.05, 3.63) is 35.4 Å². The number of benzene rings is 1. The molecule has 0 aliphatic heterocycles. The van der Waals surface area contributed by atoms with Crippen LogP contribution >= 0.6 is 0 Å². The largest absolute Gasteiger partial charge is 0.314 e. The van der Waals surface area contributed by atoms with E-state index in [4.69, 9.17) is 0 Å². The van der Waals surface area contributed by atoms with Crippen LogP contribution < -0.4 is 5.32 Å². The third kappa shape index (κ3) is 2.01. The van der Waals surface area contributed by atoms with Gasteiger partial charge in [-0.05, 0) is 48.8 Å². The molecule has 1 fully saturated rings. The Morgan fingerprint density at radius 1 is 1.29 bits per heavy atom. The summed E-state index contributed by atoms with van der Waals surface area (Å²) in [6.45, 7) is 10.3. The molecule has 0 spiro atoms. The van der Waals surface area contributed by atoms with Gasteiger partial charge in [0.1, 0.15) is 0 Å². The molecule has 0 bridgehead atoms. The van der Waals surface area contributed by atoms with Crippen molar-refractivity contribution < 1.29 is 0 Å². The zero-order valence-electron chi connectivity index (χ0n) is 11.6. The minimum Gasteiger partial charge on any atom is -0.314 e. The Labute approximate surface area is 106 Å². The van der Waals surface area contributed by atoms with E-state index in [1.54, 1.807) is 5.56 Å². The van der Waals surface area contributed by atoms with Crippen LogP contribution in [0.4, 0.5) is 0 Å². The van der Waals surface area contributed by atoms with Gasteiger partial charge in [-0.15, -0.1) is 0 Å². The van der Waals surface area contributed by atoms with Crippen molar-refractivity contribution in [2.75, 3.05) is 6.54 Å². The summed E-state index contributed by atoms with van der Waals surface area (Å²) in [5.41, 5.74) is 3.44. The maximum atomic E-state index is 3.64. The topological polar surface area (TPSA) is 12.0 Å². The van der Waals surface area contributed by atoms with Crippen molar-refractivity contribution in [2.24, 2.45) is 5.41 Å². The summed E-state index contributed by atoms with van der Waals surface area (Å²) in [5.74, 6) is 0.734. The molecule has 1 aliphatic carbocycles. The highest BCUT2D eigenvalue weighted by Gasteiger charge is 2.50. The van der Waals surface area contributed by atoms with Crippen LogP contribution in [0.3, 0.4) is 0 Å². The first-order valence-electron chi connectivity index (χ1n) is 6.92. The van der Waals surface area contributed by atoms with Crippen molar-refractivity contribution >= 4 is 0 Å². The van der Waals surface area contributed by atoms with Gasteiger partial charge in [0, 0.05) is 6.04 Å². The zero-order valence-corrected chi connectivity index (χ0v) is 11.6. The third-order valence-corrected chi connectivity index (χ3v) is 4.84. The molecule has 0 amide bonds. The normalized spacial score (nSPS) is 32.2. The average molecular weight is 231 g/mol. The van der Waals surface area contributed by atoms with E-state index >= 15 is 0 Å². The lowest BCUT2D eigenvalue weighted by Gasteiger charge is -2.55. The molecular weight excluding hydrogens is 206 g/mol. The van der Waals surface area contributed by atoms with Crippen molar-refractivity contribution in [1.29, 1.82) is 0 Å². The van der Waals surface area contributed by atoms with Crippen LogP contribution in [0.1, 0.15) is 50.7 Å². The molecule has 0 saturated heterocycles. The fourth-order valence-corrected chi connectivity index (χ4v) is 3.37. The highest BCUT2D eigenvalue weighted by atomic mass is 15.0. The zero-order chi connectivity index (χ0) is 12.5. The summed E-state index contributed by atoms with van der Waals surface area (Å²) in [6, 6.07) is 9.57. The van der Waals surface area contributed by atoms with Crippen LogP contribution in [0, 0.1) is 12.3 Å². The summed E-state index contributed by atoms with van der Waals surface area (Å²) in [5, 5.41) is 3.64. The fourth-order valence-electron chi connectivity index (χ4n) is 3.37. The van der Waals surface area contributed by atoms with Crippen molar-refractivity contribution in [1.82, 2.24) is 5.32 Å². The predicted molar refractivity (Wildman–Crippen MR) is 74.4 cm³/mol. The van der Waals surface area contributed by atoms with Crippen LogP contribution in [0.25, 0.3) is 0 Å². The van der Waals surface area contributed by atoms with E-state index < -0.39 is 0 Å². The Morgan fingerprint density at radius 3 is 2.59 bits per heavy atom. The van der Waals surface area contributed by atoms with Gasteiger partial charge in [-0.3, -0.25) is 0 Å². The molecule has 1 aromatic carbocycles. The minimum atomic E-state index is 0.433. The molecular formula is C16H25N. The van der Waals surface area contributed by atoms with Crippen LogP contribution in [-0.2, 0) is 0 Å². The van der Waals surface area contributed by atoms with E-state index in [2.05, 4.69) is 57.3 Å². The van der Waals surface area contributed by atoms with Crippen LogP contribution in [0.2, 0.25) is 0 Å². The molecule has 1 saturated carbocycles. The molecule has 0 aromatic heterocycles. The van der Waals surface area contributed by atoms with Crippen molar-refractivity contribution in [2.45, 2.75) is 52.5 Å². The monoisotopic (exact) mass is 231 g/mol. The van der Waals surface area contributed by atoms with Gasteiger partial charge in [-0.1, -0.05) is 45.0 Å². The van der Waals surface area contributed by atoms with E-state index in [1.807, 2.05) is 0 Å². The van der Waals surface area contributed by atoms with Gasteiger partial charge in [0.05, 0.1) is 0 Å². The molecule has 0 radical (unpaired) electrons. The highest BCUT2D eigenvalue weighted by molar-refractivity contribution is 5.34. The van der Waals surface area contributed by atoms with Crippen LogP contribution in [0.5, 0.6) is 0 Å². The molecule has 17 heavy (non-hydrogen) atoms. The molecule has 1 nitrogen and oxygen atoms in total. The number of hydrogen-bond donors (Lipinski definition) is 1. The second kappa shape index (κ2) is 4.81. The van der Waals surface area contributed by atoms with Gasteiger partial charge in [0.15, 0.2) is 0 Å². The van der Waals surface area contributed by atoms with Gasteiger partial charge in [-0.25, -0.2) is 0 Å². The van der Waals surface area contributed by atoms with Crippen molar-refractivity contribution in [3.8, 4) is 0 Å². The molecule has 1 heteroatoms. The summed E-state index contributed by atoms with van der Waals surface area (Å²) < 4.78 is 0. The lowest BCUT2D eigenvalue weighted by Crippen LogP contribution is -2.56. The van der Waals surface area contributed by atoms with Gasteiger partial charge >= 0.3 is 0 Å². The predicted octanol–water partition coefficient (Wildman–Crippen LogP) is 3.88. The Bertz CT molecular complexity index is 385. The first kappa shape index (κ1) is 12.6. The summed E-state index contributed by atoms with van der Waals surface area (Å²) >= 11 is 0. The second-order valence-corrected chi connectivity index (χ2v) is 5.61. The molecule has 3 unspecified atom stereocenters. The average Bonchev–Trinajstić information content (AvgIpc) is 2.34. The maximum Gasteiger partial charge on any atom is 0.0132 e. The van der Waals surface area contributed by atoms with Gasteiger partial charge < -0.3 is 5.32 Å². The van der Waals surface area contributed by atoms with E-state index in [1.165, 1.54) is 18.4 Å². The first-order chi connectivity index (χ1) is 8.13. The number of aryl methyl sites for hydroxylation is 1. The van der Waals surface area contributed by atoms with Gasteiger partial charge in [-0.2, -0.15) is 0 Å². The summed E-state index contributed by atoms with van der Waals surface area (Å²) in [4.78, 5) is 0. The van der Waals surface area contributed by atoms with Gasteiger partial charge in [0.2, 0.25) is 0 Å². The van der Waals surface area contributed by atoms with Gasteiger partial charge in [0.25, 0.3) is 0 Å². The molecule has 1 aromatic rings.